The summed E-state index contributed by atoms with van der Waals surface area (Å²) in [5.41, 5.74) is 0.584. The van der Waals surface area contributed by atoms with Crippen LogP contribution >= 0.6 is 0 Å². The molecule has 2 aromatic rings. The molecule has 1 atom stereocenters. The van der Waals surface area contributed by atoms with Gasteiger partial charge in [0.25, 0.3) is 0 Å². The van der Waals surface area contributed by atoms with E-state index in [1.54, 1.807) is 44.8 Å². The normalized spacial score (nSPS) is 12.5. The molecular formula is C17H26N6O4S. The van der Waals surface area contributed by atoms with E-state index >= 15 is 0 Å². The fourth-order valence-electron chi connectivity index (χ4n) is 2.68. The molecule has 0 radical (unpaired) electrons. The lowest BCUT2D eigenvalue weighted by atomic mass is 10.3. The Morgan fingerprint density at radius 3 is 2.32 bits per heavy atom. The Balaban J connectivity index is 2.21. The fourth-order valence-corrected chi connectivity index (χ4v) is 3.88. The van der Waals surface area contributed by atoms with Crippen LogP contribution < -0.4 is 14.4 Å². The van der Waals surface area contributed by atoms with E-state index in [0.717, 1.165) is 0 Å². The van der Waals surface area contributed by atoms with Gasteiger partial charge in [-0.1, -0.05) is 5.10 Å². The van der Waals surface area contributed by atoms with Gasteiger partial charge in [0.2, 0.25) is 10.0 Å². The van der Waals surface area contributed by atoms with Gasteiger partial charge in [0.05, 0.1) is 18.0 Å². The average Bonchev–Trinajstić information content (AvgIpc) is 3.09. The Morgan fingerprint density at radius 1 is 1.21 bits per heavy atom. The molecule has 0 aliphatic heterocycles. The first-order valence-corrected chi connectivity index (χ1v) is 10.1. The maximum absolute atomic E-state index is 12.7. The minimum atomic E-state index is -3.79. The predicted molar refractivity (Wildman–Crippen MR) is 105 cm³/mol. The van der Waals surface area contributed by atoms with Crippen LogP contribution in [0, 0.1) is 0 Å². The molecule has 11 heteroatoms. The van der Waals surface area contributed by atoms with Crippen LogP contribution in [0.1, 0.15) is 25.7 Å². The van der Waals surface area contributed by atoms with Crippen molar-refractivity contribution in [2.24, 2.45) is 0 Å². The van der Waals surface area contributed by atoms with Crippen LogP contribution in [-0.4, -0.2) is 62.4 Å². The number of aromatic nitrogens is 3. The van der Waals surface area contributed by atoms with Gasteiger partial charge >= 0.3 is 12.0 Å². The Hall–Kier alpha value is -2.66. The number of amides is 2. The zero-order valence-corrected chi connectivity index (χ0v) is 17.7. The number of methoxy groups -OCH3 is 1. The molecule has 1 aromatic heterocycles. The zero-order chi connectivity index (χ0) is 21.1. The number of ether oxygens (including phenoxy) is 1. The van der Waals surface area contributed by atoms with Crippen molar-refractivity contribution in [2.45, 2.75) is 31.3 Å². The first-order valence-electron chi connectivity index (χ1n) is 8.66. The largest absolute Gasteiger partial charge is 0.467 e. The average molecular weight is 411 g/mol. The molecule has 0 spiro atoms. The third kappa shape index (κ3) is 4.42. The number of carbonyl (C=O) groups is 1. The minimum Gasteiger partial charge on any atom is -0.467 e. The lowest BCUT2D eigenvalue weighted by Gasteiger charge is -2.22. The van der Waals surface area contributed by atoms with E-state index in [0.29, 0.717) is 24.1 Å². The molecule has 28 heavy (non-hydrogen) atoms. The second-order valence-electron chi connectivity index (χ2n) is 6.36. The molecule has 0 aliphatic carbocycles. The Bertz CT molecular complexity index is 924. The zero-order valence-electron chi connectivity index (χ0n) is 16.9. The van der Waals surface area contributed by atoms with E-state index in [9.17, 15) is 13.2 Å². The first-order chi connectivity index (χ1) is 13.1. The van der Waals surface area contributed by atoms with Gasteiger partial charge in [-0.25, -0.2) is 17.9 Å². The fraction of sp³-hybridized carbons (Fsp3) is 0.471. The Kier molecular flexibility index (Phi) is 6.62. The smallest absolute Gasteiger partial charge is 0.323 e. The second kappa shape index (κ2) is 8.57. The summed E-state index contributed by atoms with van der Waals surface area (Å²) in [6.07, 6.45) is 0. The van der Waals surface area contributed by atoms with Crippen LogP contribution in [0.15, 0.2) is 29.2 Å². The van der Waals surface area contributed by atoms with Crippen molar-refractivity contribution in [3.63, 3.8) is 0 Å². The summed E-state index contributed by atoms with van der Waals surface area (Å²) >= 11 is 0. The highest BCUT2D eigenvalue weighted by Gasteiger charge is 2.24. The van der Waals surface area contributed by atoms with Gasteiger partial charge in [0.1, 0.15) is 0 Å². The molecule has 2 amide bonds. The monoisotopic (exact) mass is 410 g/mol. The molecule has 1 heterocycles. The van der Waals surface area contributed by atoms with Crippen LogP contribution in [0.2, 0.25) is 0 Å². The highest BCUT2D eigenvalue weighted by molar-refractivity contribution is 7.89. The number of hydrogen-bond acceptors (Lipinski definition) is 6. The van der Waals surface area contributed by atoms with E-state index in [-0.39, 0.29) is 10.9 Å². The Labute approximate surface area is 165 Å². The topological polar surface area (TPSA) is 110 Å². The highest BCUT2D eigenvalue weighted by atomic mass is 32.2. The number of benzene rings is 1. The molecule has 10 nitrogen and oxygen atoms in total. The molecule has 154 valence electrons. The number of hydrogen-bond donors (Lipinski definition) is 1. The Morgan fingerprint density at radius 2 is 1.82 bits per heavy atom. The number of rotatable bonds is 7. The molecule has 2 rings (SSSR count). The van der Waals surface area contributed by atoms with Crippen molar-refractivity contribution in [3.8, 4) is 6.01 Å². The van der Waals surface area contributed by atoms with Crippen molar-refractivity contribution in [1.29, 1.82) is 0 Å². The highest BCUT2D eigenvalue weighted by Crippen LogP contribution is 2.21. The number of urea groups is 1. The molecular weight excluding hydrogens is 384 g/mol. The summed E-state index contributed by atoms with van der Waals surface area (Å²) in [5, 5.41) is 7.93. The van der Waals surface area contributed by atoms with Gasteiger partial charge in [-0.3, -0.25) is 9.47 Å². The maximum Gasteiger partial charge on any atom is 0.323 e. The summed E-state index contributed by atoms with van der Waals surface area (Å²) in [6.45, 7) is 4.12. The maximum atomic E-state index is 12.7. The molecule has 0 bridgehead atoms. The predicted octanol–water partition coefficient (Wildman–Crippen LogP) is 1.46. The van der Waals surface area contributed by atoms with E-state index < -0.39 is 16.1 Å². The molecule has 0 unspecified atom stereocenters. The molecule has 1 aromatic carbocycles. The molecule has 0 saturated heterocycles. The van der Waals surface area contributed by atoms with E-state index in [1.807, 2.05) is 6.92 Å². The third-order valence-corrected chi connectivity index (χ3v) is 5.72. The van der Waals surface area contributed by atoms with Crippen molar-refractivity contribution in [2.75, 3.05) is 33.2 Å². The molecule has 0 fully saturated rings. The summed E-state index contributed by atoms with van der Waals surface area (Å²) in [5.74, 6) is 0.454. The minimum absolute atomic E-state index is 0.0864. The summed E-state index contributed by atoms with van der Waals surface area (Å²) in [6, 6.07) is 5.57. The van der Waals surface area contributed by atoms with Crippen LogP contribution in [-0.2, 0) is 16.6 Å². The number of nitrogens with one attached hydrogen (secondary N) is 1. The first kappa shape index (κ1) is 21.6. The second-order valence-corrected chi connectivity index (χ2v) is 8.08. The van der Waals surface area contributed by atoms with Crippen LogP contribution in [0.3, 0.4) is 0 Å². The van der Waals surface area contributed by atoms with Crippen molar-refractivity contribution < 1.29 is 17.9 Å². The summed E-state index contributed by atoms with van der Waals surface area (Å²) < 4.78 is 34.9. The standard InChI is InChI=1S/C17H26N6O4S/c1-7-23-15(18-19-16(23)27-6)12(2)20-28(25,26)14-10-8-13(9-11-14)22(5)17(24)21(3)4/h8-12,20H,7H2,1-6H3/t12-/m1/s1. The number of nitrogens with zero attached hydrogens (tertiary/aromatic N) is 5. The van der Waals surface area contributed by atoms with Gasteiger partial charge in [0, 0.05) is 33.4 Å². The van der Waals surface area contributed by atoms with Crippen molar-refractivity contribution >= 4 is 21.7 Å². The van der Waals surface area contributed by atoms with Crippen molar-refractivity contribution in [1.82, 2.24) is 24.4 Å². The van der Waals surface area contributed by atoms with Gasteiger partial charge in [0.15, 0.2) is 5.82 Å². The number of carbonyl (C=O) groups excluding carboxylic acids is 1. The van der Waals surface area contributed by atoms with Gasteiger partial charge < -0.3 is 9.64 Å². The number of anilines is 1. The summed E-state index contributed by atoms with van der Waals surface area (Å²) in [7, 11) is 2.60. The van der Waals surface area contributed by atoms with Gasteiger partial charge in [-0.2, -0.15) is 0 Å². The molecule has 0 saturated carbocycles. The van der Waals surface area contributed by atoms with Crippen LogP contribution in [0.25, 0.3) is 0 Å². The summed E-state index contributed by atoms with van der Waals surface area (Å²) in [4.78, 5) is 15.0. The van der Waals surface area contributed by atoms with Crippen LogP contribution in [0.5, 0.6) is 6.01 Å². The lowest BCUT2D eigenvalue weighted by Crippen LogP contribution is -2.36. The van der Waals surface area contributed by atoms with E-state index in [2.05, 4.69) is 14.9 Å². The van der Waals surface area contributed by atoms with Gasteiger partial charge in [-0.15, -0.1) is 5.10 Å². The van der Waals surface area contributed by atoms with Gasteiger partial charge in [-0.05, 0) is 38.1 Å². The lowest BCUT2D eigenvalue weighted by molar-refractivity contribution is 0.225. The third-order valence-electron chi connectivity index (χ3n) is 4.17. The number of sulfonamides is 1. The van der Waals surface area contributed by atoms with E-state index in [4.69, 9.17) is 4.74 Å². The van der Waals surface area contributed by atoms with Crippen molar-refractivity contribution in [3.05, 3.63) is 30.1 Å². The van der Waals surface area contributed by atoms with Crippen LogP contribution in [0.4, 0.5) is 10.5 Å². The SMILES string of the molecule is CCn1c(OC)nnc1[C@@H](C)NS(=O)(=O)c1ccc(N(C)C(=O)N(C)C)cc1. The molecule has 1 N–H and O–H groups in total. The quantitative estimate of drug-likeness (QED) is 0.740. The van der Waals surface area contributed by atoms with E-state index in [1.165, 1.54) is 29.0 Å². The molecule has 0 aliphatic rings.